The van der Waals surface area contributed by atoms with Crippen LogP contribution in [0, 0.1) is 12.7 Å². The molecule has 0 aliphatic rings. The van der Waals surface area contributed by atoms with Crippen molar-refractivity contribution in [1.29, 1.82) is 0 Å². The number of aryl methyl sites for hydroxylation is 1. The lowest BCUT2D eigenvalue weighted by Crippen LogP contribution is -2.15. The third kappa shape index (κ3) is 2.73. The molecule has 5 heteroatoms. The number of thiophene rings is 1. The highest BCUT2D eigenvalue weighted by Crippen LogP contribution is 2.34. The van der Waals surface area contributed by atoms with Gasteiger partial charge in [0.25, 0.3) is 0 Å². The van der Waals surface area contributed by atoms with Gasteiger partial charge in [0.05, 0.1) is 11.2 Å². The third-order valence-electron chi connectivity index (χ3n) is 3.12. The van der Waals surface area contributed by atoms with E-state index < -0.39 is 17.3 Å². The first-order chi connectivity index (χ1) is 9.20. The lowest BCUT2D eigenvalue weighted by Gasteiger charge is -2.18. The molecule has 0 aliphatic carbocycles. The molecule has 1 heterocycles. The summed E-state index contributed by atoms with van der Waals surface area (Å²) in [5.74, 6) is -0.944. The number of halogens is 1. The molecule has 0 fully saturated rings. The Hall–Kier alpha value is -1.72. The molecule has 3 N–H and O–H groups in total. The second kappa shape index (κ2) is 5.00. The van der Waals surface area contributed by atoms with Crippen LogP contribution in [0.4, 0.5) is 4.39 Å². The summed E-state index contributed by atoms with van der Waals surface area (Å²) in [6, 6.07) is 6.20. The zero-order chi connectivity index (χ0) is 15.1. The van der Waals surface area contributed by atoms with Crippen molar-refractivity contribution in [3.8, 4) is 10.4 Å². The van der Waals surface area contributed by atoms with Crippen LogP contribution in [0.25, 0.3) is 10.4 Å². The molecule has 0 radical (unpaired) electrons. The summed E-state index contributed by atoms with van der Waals surface area (Å²) in [5, 5.41) is 9.87. The summed E-state index contributed by atoms with van der Waals surface area (Å²) < 4.78 is 14.2. The SMILES string of the molecule is Cc1sc(-c2ccc(C(C)(C)O)cc2F)cc1C(N)=O. The predicted molar refractivity (Wildman–Crippen MR) is 78.2 cm³/mol. The van der Waals surface area contributed by atoms with Crippen molar-refractivity contribution in [2.24, 2.45) is 5.73 Å². The Balaban J connectivity index is 2.49. The van der Waals surface area contributed by atoms with Crippen molar-refractivity contribution in [2.45, 2.75) is 26.4 Å². The van der Waals surface area contributed by atoms with E-state index in [1.807, 2.05) is 0 Å². The number of nitrogens with two attached hydrogens (primary N) is 1. The van der Waals surface area contributed by atoms with E-state index in [9.17, 15) is 14.3 Å². The number of hydrogen-bond donors (Lipinski definition) is 2. The van der Waals surface area contributed by atoms with Gasteiger partial charge in [0, 0.05) is 15.3 Å². The van der Waals surface area contributed by atoms with E-state index in [-0.39, 0.29) is 0 Å². The Morgan fingerprint density at radius 2 is 2.00 bits per heavy atom. The zero-order valence-corrected chi connectivity index (χ0v) is 12.3. The van der Waals surface area contributed by atoms with Crippen LogP contribution >= 0.6 is 11.3 Å². The van der Waals surface area contributed by atoms with Crippen molar-refractivity contribution >= 4 is 17.2 Å². The van der Waals surface area contributed by atoms with Crippen molar-refractivity contribution in [1.82, 2.24) is 0 Å². The Morgan fingerprint density at radius 3 is 2.45 bits per heavy atom. The monoisotopic (exact) mass is 293 g/mol. The molecule has 1 amide bonds. The van der Waals surface area contributed by atoms with Crippen LogP contribution in [0.15, 0.2) is 24.3 Å². The number of carbonyl (C=O) groups is 1. The number of carbonyl (C=O) groups excluding carboxylic acids is 1. The quantitative estimate of drug-likeness (QED) is 0.913. The average Bonchev–Trinajstić information content (AvgIpc) is 2.69. The van der Waals surface area contributed by atoms with E-state index in [1.165, 1.54) is 17.4 Å². The molecular weight excluding hydrogens is 277 g/mol. The molecule has 0 spiro atoms. The normalized spacial score (nSPS) is 11.7. The van der Waals surface area contributed by atoms with E-state index in [0.717, 1.165) is 4.88 Å². The smallest absolute Gasteiger partial charge is 0.249 e. The summed E-state index contributed by atoms with van der Waals surface area (Å²) in [5.41, 5.74) is 5.49. The van der Waals surface area contributed by atoms with Crippen molar-refractivity contribution in [3.05, 3.63) is 46.1 Å². The van der Waals surface area contributed by atoms with Gasteiger partial charge in [0.1, 0.15) is 5.82 Å². The molecule has 0 atom stereocenters. The van der Waals surface area contributed by atoms with Gasteiger partial charge >= 0.3 is 0 Å². The predicted octanol–water partition coefficient (Wildman–Crippen LogP) is 3.19. The Bertz CT molecular complexity index is 671. The van der Waals surface area contributed by atoms with Gasteiger partial charge in [-0.1, -0.05) is 12.1 Å². The minimum atomic E-state index is -1.09. The fourth-order valence-electron chi connectivity index (χ4n) is 1.95. The molecule has 0 unspecified atom stereocenters. The van der Waals surface area contributed by atoms with E-state index in [2.05, 4.69) is 0 Å². The molecule has 1 aromatic heterocycles. The second-order valence-electron chi connectivity index (χ2n) is 5.20. The second-order valence-corrected chi connectivity index (χ2v) is 6.45. The number of rotatable bonds is 3. The molecule has 2 aromatic rings. The van der Waals surface area contributed by atoms with Gasteiger partial charge in [-0.2, -0.15) is 0 Å². The highest BCUT2D eigenvalue weighted by Gasteiger charge is 2.19. The summed E-state index contributed by atoms with van der Waals surface area (Å²) >= 11 is 1.32. The van der Waals surface area contributed by atoms with E-state index in [4.69, 9.17) is 5.73 Å². The maximum absolute atomic E-state index is 14.2. The molecule has 1 aromatic carbocycles. The highest BCUT2D eigenvalue weighted by molar-refractivity contribution is 7.15. The summed E-state index contributed by atoms with van der Waals surface area (Å²) in [4.78, 5) is 12.7. The van der Waals surface area contributed by atoms with E-state index >= 15 is 0 Å². The van der Waals surface area contributed by atoms with Crippen LogP contribution in [0.1, 0.15) is 34.6 Å². The van der Waals surface area contributed by atoms with Crippen LogP contribution in [0.5, 0.6) is 0 Å². The van der Waals surface area contributed by atoms with Gasteiger partial charge in [-0.15, -0.1) is 11.3 Å². The molecule has 0 saturated carbocycles. The minimum Gasteiger partial charge on any atom is -0.386 e. The number of primary amides is 1. The molecule has 0 bridgehead atoms. The first-order valence-electron chi connectivity index (χ1n) is 6.13. The third-order valence-corrected chi connectivity index (χ3v) is 4.21. The number of aliphatic hydroxyl groups is 1. The van der Waals surface area contributed by atoms with Crippen LogP contribution < -0.4 is 5.73 Å². The Kier molecular flexibility index (Phi) is 3.67. The zero-order valence-electron chi connectivity index (χ0n) is 11.5. The first kappa shape index (κ1) is 14.7. The minimum absolute atomic E-state index is 0.401. The number of benzene rings is 1. The van der Waals surface area contributed by atoms with Gasteiger partial charge in [-0.25, -0.2) is 4.39 Å². The van der Waals surface area contributed by atoms with Crippen molar-refractivity contribution in [3.63, 3.8) is 0 Å². The van der Waals surface area contributed by atoms with Gasteiger partial charge in [-0.05, 0) is 38.5 Å². The van der Waals surface area contributed by atoms with E-state index in [0.29, 0.717) is 21.6 Å². The fourth-order valence-corrected chi connectivity index (χ4v) is 3.01. The van der Waals surface area contributed by atoms with Crippen LogP contribution in [0.2, 0.25) is 0 Å². The molecule has 106 valence electrons. The van der Waals surface area contributed by atoms with Gasteiger partial charge in [0.2, 0.25) is 5.91 Å². The topological polar surface area (TPSA) is 63.3 Å². The average molecular weight is 293 g/mol. The van der Waals surface area contributed by atoms with Crippen LogP contribution in [-0.4, -0.2) is 11.0 Å². The summed E-state index contributed by atoms with van der Waals surface area (Å²) in [7, 11) is 0. The lowest BCUT2D eigenvalue weighted by molar-refractivity contribution is 0.0782. The molecule has 0 aliphatic heterocycles. The standard InChI is InChI=1S/C15H16FNO2S/c1-8-11(14(17)18)7-13(20-8)10-5-4-9(6-12(10)16)15(2,3)19/h4-7,19H,1-3H3,(H2,17,18). The maximum Gasteiger partial charge on any atom is 0.249 e. The van der Waals surface area contributed by atoms with Gasteiger partial charge in [0.15, 0.2) is 0 Å². The largest absolute Gasteiger partial charge is 0.386 e. The van der Waals surface area contributed by atoms with Crippen LogP contribution in [-0.2, 0) is 5.60 Å². The number of amides is 1. The van der Waals surface area contributed by atoms with Crippen molar-refractivity contribution in [2.75, 3.05) is 0 Å². The first-order valence-corrected chi connectivity index (χ1v) is 6.95. The molecular formula is C15H16FNO2S. The Morgan fingerprint density at radius 1 is 1.35 bits per heavy atom. The molecule has 3 nitrogen and oxygen atoms in total. The number of hydrogen-bond acceptors (Lipinski definition) is 3. The summed E-state index contributed by atoms with van der Waals surface area (Å²) in [6.45, 7) is 4.97. The highest BCUT2D eigenvalue weighted by atomic mass is 32.1. The van der Waals surface area contributed by atoms with Crippen LogP contribution in [0.3, 0.4) is 0 Å². The molecule has 2 rings (SSSR count). The van der Waals surface area contributed by atoms with E-state index in [1.54, 1.807) is 39.0 Å². The molecule has 0 saturated heterocycles. The van der Waals surface area contributed by atoms with Gasteiger partial charge < -0.3 is 10.8 Å². The van der Waals surface area contributed by atoms with Gasteiger partial charge in [-0.3, -0.25) is 4.79 Å². The summed E-state index contributed by atoms with van der Waals surface area (Å²) in [6.07, 6.45) is 0. The fraction of sp³-hybridized carbons (Fsp3) is 0.267. The lowest BCUT2D eigenvalue weighted by atomic mass is 9.96. The Labute approximate surface area is 120 Å². The molecule has 20 heavy (non-hydrogen) atoms. The maximum atomic E-state index is 14.2. The van der Waals surface area contributed by atoms with Crippen molar-refractivity contribution < 1.29 is 14.3 Å².